The van der Waals surface area contributed by atoms with E-state index >= 15 is 0 Å². The van der Waals surface area contributed by atoms with Gasteiger partial charge >= 0.3 is 12.2 Å². The van der Waals surface area contributed by atoms with Crippen molar-refractivity contribution in [1.82, 2.24) is 9.80 Å². The standard InChI is InChI=1S/C18H27NO3.C9H13NO3.C9H14O/c1-16(2,3)22-15(20)19-10-4-13(12-19)21-11-5-14-17(6-7-17)18(14)8-9-18;1-9(2,3)13-8(12)10-5-4-7(11)6-10;10-6-1-7-8(2-3-8)9(7)4-5-9/h4,10,13-14H,5-9,11-12H2,1-3H3;4-5H,6H2,1-3H3;7,10H,1-6H2/i5D2,11D2;;1D2,6D2. The molecule has 2 aliphatic heterocycles. The number of fused-ring (bicyclic) bond motifs is 2. The first-order valence-corrected chi connectivity index (χ1v) is 16.3. The van der Waals surface area contributed by atoms with Crippen molar-refractivity contribution < 1.29 is 44.7 Å². The van der Waals surface area contributed by atoms with E-state index in [1.165, 1.54) is 28.3 Å². The molecule has 0 aromatic heterocycles. The minimum absolute atomic E-state index is 0.0429. The number of rotatable bonds is 6. The topological polar surface area (TPSA) is 106 Å². The van der Waals surface area contributed by atoms with Gasteiger partial charge in [0.15, 0.2) is 5.78 Å². The van der Waals surface area contributed by atoms with Crippen molar-refractivity contribution in [2.75, 3.05) is 26.2 Å². The summed E-state index contributed by atoms with van der Waals surface area (Å²) in [5.74, 6) is -0.557. The lowest BCUT2D eigenvalue weighted by Crippen LogP contribution is -2.34. The van der Waals surface area contributed by atoms with Crippen molar-refractivity contribution in [2.45, 2.75) is 123 Å². The van der Waals surface area contributed by atoms with Crippen LogP contribution in [0.4, 0.5) is 9.59 Å². The van der Waals surface area contributed by atoms with E-state index in [4.69, 9.17) is 25.2 Å². The van der Waals surface area contributed by atoms with Crippen molar-refractivity contribution in [3.8, 4) is 0 Å². The van der Waals surface area contributed by atoms with E-state index in [9.17, 15) is 19.5 Å². The van der Waals surface area contributed by atoms with Crippen LogP contribution in [0.2, 0.25) is 0 Å². The molecule has 4 spiro atoms. The highest BCUT2D eigenvalue weighted by Gasteiger charge is 2.86. The van der Waals surface area contributed by atoms with E-state index in [-0.39, 0.29) is 52.4 Å². The lowest BCUT2D eigenvalue weighted by Gasteiger charge is -2.24. The molecule has 6 aliphatic carbocycles. The molecule has 1 unspecified atom stereocenters. The first-order valence-electron chi connectivity index (χ1n) is 20.3. The minimum Gasteiger partial charge on any atom is -0.443 e. The fraction of sp³-hybridized carbons (Fsp3) is 0.806. The monoisotopic (exact) mass is 634 g/mol. The smallest absolute Gasteiger partial charge is 0.414 e. The van der Waals surface area contributed by atoms with Crippen molar-refractivity contribution in [3.05, 3.63) is 24.6 Å². The summed E-state index contributed by atoms with van der Waals surface area (Å²) in [6, 6.07) is 0. The Balaban J connectivity index is 0.000000150. The zero-order valence-electron chi connectivity index (χ0n) is 35.4. The molecule has 0 radical (unpaired) electrons. The number of nitrogens with zero attached hydrogens (tertiary/aromatic N) is 2. The fourth-order valence-electron chi connectivity index (χ4n) is 7.89. The van der Waals surface area contributed by atoms with Gasteiger partial charge in [-0.1, -0.05) is 0 Å². The van der Waals surface area contributed by atoms with Gasteiger partial charge in [-0.15, -0.1) is 0 Å². The number of amides is 2. The molecule has 2 heterocycles. The summed E-state index contributed by atoms with van der Waals surface area (Å²) < 4.78 is 79.2. The third-order valence-corrected chi connectivity index (χ3v) is 10.7. The van der Waals surface area contributed by atoms with Crippen molar-refractivity contribution in [1.29, 1.82) is 0 Å². The average Bonchev–Trinajstić information content (AvgIpc) is 3.74. The molecule has 8 aliphatic rings. The van der Waals surface area contributed by atoms with Gasteiger partial charge in [-0.05, 0) is 151 Å². The summed E-state index contributed by atoms with van der Waals surface area (Å²) in [7, 11) is 0. The summed E-state index contributed by atoms with van der Waals surface area (Å²) in [5.41, 5.74) is -0.864. The average molecular weight is 635 g/mol. The highest BCUT2D eigenvalue weighted by molar-refractivity contribution is 5.96. The molecular weight excluding hydrogens is 572 g/mol. The van der Waals surface area contributed by atoms with E-state index in [1.807, 2.05) is 0 Å². The number of aliphatic hydroxyl groups is 1. The Hall–Kier alpha value is -2.39. The number of ketones is 1. The zero-order valence-corrected chi connectivity index (χ0v) is 27.4. The normalized spacial score (nSPS) is 32.8. The van der Waals surface area contributed by atoms with Crippen molar-refractivity contribution in [2.24, 2.45) is 33.5 Å². The van der Waals surface area contributed by atoms with E-state index in [1.54, 1.807) is 47.6 Å². The van der Waals surface area contributed by atoms with E-state index in [0.717, 1.165) is 51.4 Å². The molecule has 0 aromatic carbocycles. The van der Waals surface area contributed by atoms with Crippen LogP contribution in [0.25, 0.3) is 0 Å². The van der Waals surface area contributed by atoms with Crippen molar-refractivity contribution in [3.63, 3.8) is 0 Å². The number of hydrogen-bond donors (Lipinski definition) is 1. The predicted octanol–water partition coefficient (Wildman–Crippen LogP) is 6.60. The summed E-state index contributed by atoms with van der Waals surface area (Å²) >= 11 is 0. The maximum absolute atomic E-state index is 12.1. The van der Waals surface area contributed by atoms with Gasteiger partial charge in [-0.3, -0.25) is 14.6 Å². The molecule has 8 rings (SSSR count). The molecule has 0 bridgehead atoms. The Bertz CT molecular complexity index is 1540. The van der Waals surface area contributed by atoms with Crippen molar-refractivity contribution >= 4 is 18.0 Å². The number of carbonyl (C=O) groups is 3. The van der Waals surface area contributed by atoms with E-state index in [2.05, 4.69) is 0 Å². The zero-order chi connectivity index (χ0) is 39.6. The van der Waals surface area contributed by atoms with Crippen LogP contribution in [-0.4, -0.2) is 76.4 Å². The summed E-state index contributed by atoms with van der Waals surface area (Å²) in [4.78, 5) is 36.8. The minimum atomic E-state index is -2.70. The van der Waals surface area contributed by atoms with Crippen LogP contribution in [0.3, 0.4) is 0 Å². The van der Waals surface area contributed by atoms with Crippen LogP contribution in [0.15, 0.2) is 24.6 Å². The van der Waals surface area contributed by atoms with E-state index < -0.39 is 55.4 Å². The Labute approximate surface area is 279 Å². The molecule has 1 N–H and O–H groups in total. The Morgan fingerprint density at radius 3 is 1.69 bits per heavy atom. The quantitative estimate of drug-likeness (QED) is 0.351. The van der Waals surface area contributed by atoms with Crippen LogP contribution < -0.4 is 0 Å². The first kappa shape index (κ1) is 23.9. The molecule has 9 nitrogen and oxygen atoms in total. The third-order valence-electron chi connectivity index (χ3n) is 10.7. The first-order chi connectivity index (χ1) is 24.0. The predicted molar refractivity (Wildman–Crippen MR) is 169 cm³/mol. The van der Waals surface area contributed by atoms with E-state index in [0.29, 0.717) is 0 Å². The van der Waals surface area contributed by atoms with Gasteiger partial charge in [0.1, 0.15) is 11.2 Å². The van der Waals surface area contributed by atoms with Gasteiger partial charge in [-0.25, -0.2) is 9.59 Å². The van der Waals surface area contributed by atoms with Crippen LogP contribution in [-0.2, 0) is 19.0 Å². The van der Waals surface area contributed by atoms with Crippen LogP contribution in [0.1, 0.15) is 117 Å². The van der Waals surface area contributed by atoms with Gasteiger partial charge in [0.2, 0.25) is 0 Å². The van der Waals surface area contributed by atoms with Crippen LogP contribution in [0, 0.1) is 33.5 Å². The van der Waals surface area contributed by atoms with Gasteiger partial charge in [0, 0.05) is 31.0 Å². The highest BCUT2D eigenvalue weighted by atomic mass is 16.6. The fourth-order valence-corrected chi connectivity index (χ4v) is 7.89. The second-order valence-electron chi connectivity index (χ2n) is 16.0. The molecule has 6 saturated carbocycles. The molecular formula is C36H54N2O7. The number of ether oxygens (including phenoxy) is 3. The molecule has 9 heteroatoms. The van der Waals surface area contributed by atoms with Gasteiger partial charge in [0.25, 0.3) is 0 Å². The summed E-state index contributed by atoms with van der Waals surface area (Å²) in [6.07, 6.45) is 8.34. The molecule has 0 aromatic rings. The third kappa shape index (κ3) is 6.45. The van der Waals surface area contributed by atoms with Crippen LogP contribution in [0.5, 0.6) is 0 Å². The van der Waals surface area contributed by atoms with Gasteiger partial charge in [0.05, 0.1) is 24.7 Å². The maximum atomic E-state index is 12.1. The number of hydrogen-bond acceptors (Lipinski definition) is 7. The molecule has 250 valence electrons. The SMILES string of the molecule is CC(C)(C)OC(=O)N1C=CC(=O)C1.[2H]C([2H])(O)C([2H])([2H])C1C2(CC2)C12CC2.[2H]C([2H])(OC1C=CN(C(=O)OC(C)(C)C)C1)C([2H])([2H])C1C2(CC2)C12CC2. The van der Waals surface area contributed by atoms with Crippen LogP contribution >= 0.6 is 0 Å². The highest BCUT2D eigenvalue weighted by Crippen LogP contribution is 2.93. The molecule has 2 amide bonds. The van der Waals surface area contributed by atoms with Gasteiger partial charge in [-0.2, -0.15) is 0 Å². The molecule has 6 fully saturated rings. The molecule has 0 saturated heterocycles. The number of carbonyl (C=O) groups excluding carboxylic acids is 3. The molecule has 45 heavy (non-hydrogen) atoms. The Kier molecular flexibility index (Phi) is 5.89. The Morgan fingerprint density at radius 2 is 1.29 bits per heavy atom. The Morgan fingerprint density at radius 1 is 0.822 bits per heavy atom. The lowest BCUT2D eigenvalue weighted by molar-refractivity contribution is -0.114. The maximum Gasteiger partial charge on any atom is 0.414 e. The lowest BCUT2D eigenvalue weighted by atomic mass is 10.2. The second kappa shape index (κ2) is 11.1. The van der Waals surface area contributed by atoms with Gasteiger partial charge < -0.3 is 19.3 Å². The summed E-state index contributed by atoms with van der Waals surface area (Å²) in [5, 5.41) is 9.23. The largest absolute Gasteiger partial charge is 0.443 e. The molecule has 1 atom stereocenters. The summed E-state index contributed by atoms with van der Waals surface area (Å²) in [6.45, 7) is 5.82. The second-order valence-corrected chi connectivity index (χ2v) is 16.0.